The number of carboxylic acids is 1. The first-order chi connectivity index (χ1) is 7.56. The van der Waals surface area contributed by atoms with E-state index in [-0.39, 0.29) is 10.7 Å². The van der Waals surface area contributed by atoms with Crippen molar-refractivity contribution in [1.29, 1.82) is 0 Å². The lowest BCUT2D eigenvalue weighted by molar-refractivity contribution is -0.139. The van der Waals surface area contributed by atoms with E-state index in [1.165, 1.54) is 12.3 Å². The minimum absolute atomic E-state index is 0.0558. The smallest absolute Gasteiger partial charge is 0.326 e. The van der Waals surface area contributed by atoms with E-state index >= 15 is 0 Å². The Kier molecular flexibility index (Phi) is 4.25. The van der Waals surface area contributed by atoms with Gasteiger partial charge in [-0.3, -0.25) is 4.79 Å². The third-order valence-electron chi connectivity index (χ3n) is 2.02. The molecule has 0 bridgehead atoms. The summed E-state index contributed by atoms with van der Waals surface area (Å²) in [5, 5.41) is 11.2. The topological polar surface area (TPSA) is 79.3 Å². The molecule has 0 aliphatic rings. The molecule has 5 nitrogen and oxygen atoms in total. The van der Waals surface area contributed by atoms with Gasteiger partial charge >= 0.3 is 5.97 Å². The Morgan fingerprint density at radius 1 is 1.62 bits per heavy atom. The summed E-state index contributed by atoms with van der Waals surface area (Å²) in [6, 6.07) is 2.13. The van der Waals surface area contributed by atoms with Crippen molar-refractivity contribution in [3.63, 3.8) is 0 Å². The Morgan fingerprint density at radius 2 is 2.31 bits per heavy atom. The SMILES string of the molecule is CC[C@@H](NC(=O)c1cccnc1Cl)C(=O)O. The summed E-state index contributed by atoms with van der Waals surface area (Å²) in [6.45, 7) is 1.67. The number of hydrogen-bond donors (Lipinski definition) is 2. The van der Waals surface area contributed by atoms with Crippen LogP contribution in [0.3, 0.4) is 0 Å². The van der Waals surface area contributed by atoms with Crippen molar-refractivity contribution in [1.82, 2.24) is 10.3 Å². The predicted molar refractivity (Wildman–Crippen MR) is 58.4 cm³/mol. The molecule has 0 radical (unpaired) electrons. The predicted octanol–water partition coefficient (Wildman–Crippen LogP) is 1.33. The van der Waals surface area contributed by atoms with Gasteiger partial charge in [-0.1, -0.05) is 18.5 Å². The van der Waals surface area contributed by atoms with E-state index in [2.05, 4.69) is 10.3 Å². The lowest BCUT2D eigenvalue weighted by atomic mass is 10.2. The first kappa shape index (κ1) is 12.4. The van der Waals surface area contributed by atoms with E-state index in [4.69, 9.17) is 16.7 Å². The summed E-state index contributed by atoms with van der Waals surface area (Å²) in [5.74, 6) is -1.61. The van der Waals surface area contributed by atoms with Crippen LogP contribution in [0, 0.1) is 0 Å². The average molecular weight is 243 g/mol. The van der Waals surface area contributed by atoms with Gasteiger partial charge in [0.1, 0.15) is 11.2 Å². The van der Waals surface area contributed by atoms with Gasteiger partial charge in [0, 0.05) is 6.20 Å². The van der Waals surface area contributed by atoms with E-state index < -0.39 is 17.9 Å². The van der Waals surface area contributed by atoms with Crippen LogP contribution in [0.1, 0.15) is 23.7 Å². The van der Waals surface area contributed by atoms with Crippen molar-refractivity contribution >= 4 is 23.5 Å². The third-order valence-corrected chi connectivity index (χ3v) is 2.32. The molecule has 86 valence electrons. The Morgan fingerprint density at radius 3 is 2.81 bits per heavy atom. The molecule has 0 unspecified atom stereocenters. The van der Waals surface area contributed by atoms with Crippen molar-refractivity contribution in [3.8, 4) is 0 Å². The molecule has 1 aromatic rings. The molecule has 0 aromatic carbocycles. The number of nitrogens with one attached hydrogen (secondary N) is 1. The third kappa shape index (κ3) is 2.93. The molecule has 1 heterocycles. The second-order valence-electron chi connectivity index (χ2n) is 3.11. The molecule has 0 aliphatic carbocycles. The summed E-state index contributed by atoms with van der Waals surface area (Å²) in [5.41, 5.74) is 0.170. The standard InChI is InChI=1S/C10H11ClN2O3/c1-2-7(10(15)16)13-9(14)6-4-3-5-12-8(6)11/h3-5,7H,2H2,1H3,(H,13,14)(H,15,16)/t7-/m1/s1. The molecule has 0 aliphatic heterocycles. The van der Waals surface area contributed by atoms with Crippen LogP contribution in [0.2, 0.25) is 5.15 Å². The second-order valence-corrected chi connectivity index (χ2v) is 3.47. The van der Waals surface area contributed by atoms with Gasteiger partial charge in [0.05, 0.1) is 5.56 Å². The Bertz CT molecular complexity index is 409. The fourth-order valence-corrected chi connectivity index (χ4v) is 1.33. The van der Waals surface area contributed by atoms with E-state index in [0.717, 1.165) is 0 Å². The summed E-state index contributed by atoms with van der Waals surface area (Å²) < 4.78 is 0. The zero-order valence-corrected chi connectivity index (χ0v) is 9.36. The van der Waals surface area contributed by atoms with Gasteiger partial charge in [0.2, 0.25) is 0 Å². The number of nitrogens with zero attached hydrogens (tertiary/aromatic N) is 1. The number of rotatable bonds is 4. The van der Waals surface area contributed by atoms with E-state index in [1.54, 1.807) is 13.0 Å². The van der Waals surface area contributed by atoms with Crippen molar-refractivity contribution in [2.75, 3.05) is 0 Å². The molecule has 0 saturated carbocycles. The number of pyridine rings is 1. The largest absolute Gasteiger partial charge is 0.480 e. The molecule has 6 heteroatoms. The fourth-order valence-electron chi connectivity index (χ4n) is 1.13. The zero-order valence-electron chi connectivity index (χ0n) is 8.61. The van der Waals surface area contributed by atoms with Crippen LogP contribution in [0.5, 0.6) is 0 Å². The van der Waals surface area contributed by atoms with Crippen molar-refractivity contribution in [3.05, 3.63) is 29.0 Å². The molecular formula is C10H11ClN2O3. The van der Waals surface area contributed by atoms with Gasteiger partial charge in [-0.15, -0.1) is 0 Å². The highest BCUT2D eigenvalue weighted by atomic mass is 35.5. The Balaban J connectivity index is 2.80. The van der Waals surface area contributed by atoms with Crippen molar-refractivity contribution in [2.24, 2.45) is 0 Å². The highest BCUT2D eigenvalue weighted by Gasteiger charge is 2.19. The maximum absolute atomic E-state index is 11.6. The zero-order chi connectivity index (χ0) is 12.1. The van der Waals surface area contributed by atoms with Crippen LogP contribution in [-0.4, -0.2) is 28.0 Å². The molecule has 1 rings (SSSR count). The van der Waals surface area contributed by atoms with Crippen LogP contribution in [0.4, 0.5) is 0 Å². The van der Waals surface area contributed by atoms with Crippen LogP contribution >= 0.6 is 11.6 Å². The van der Waals surface area contributed by atoms with Gasteiger partial charge in [-0.05, 0) is 18.6 Å². The number of aliphatic carboxylic acids is 1. The normalized spacial score (nSPS) is 11.9. The van der Waals surface area contributed by atoms with Crippen LogP contribution in [-0.2, 0) is 4.79 Å². The molecule has 1 amide bonds. The van der Waals surface area contributed by atoms with E-state index in [1.807, 2.05) is 0 Å². The molecule has 1 aromatic heterocycles. The van der Waals surface area contributed by atoms with Gasteiger partial charge in [0.15, 0.2) is 0 Å². The van der Waals surface area contributed by atoms with Crippen molar-refractivity contribution < 1.29 is 14.7 Å². The number of hydrogen-bond acceptors (Lipinski definition) is 3. The molecule has 2 N–H and O–H groups in total. The quantitative estimate of drug-likeness (QED) is 0.781. The highest BCUT2D eigenvalue weighted by molar-refractivity contribution is 6.32. The molecule has 16 heavy (non-hydrogen) atoms. The monoisotopic (exact) mass is 242 g/mol. The average Bonchev–Trinajstić information content (AvgIpc) is 2.25. The number of amides is 1. The van der Waals surface area contributed by atoms with Crippen LogP contribution in [0.25, 0.3) is 0 Å². The number of carbonyl (C=O) groups is 2. The number of halogens is 1. The number of carboxylic acid groups (broad SMARTS) is 1. The molecular weight excluding hydrogens is 232 g/mol. The highest BCUT2D eigenvalue weighted by Crippen LogP contribution is 2.11. The van der Waals surface area contributed by atoms with Gasteiger partial charge in [0.25, 0.3) is 5.91 Å². The van der Waals surface area contributed by atoms with Crippen molar-refractivity contribution in [2.45, 2.75) is 19.4 Å². The van der Waals surface area contributed by atoms with Crippen LogP contribution < -0.4 is 5.32 Å². The van der Waals surface area contributed by atoms with Gasteiger partial charge < -0.3 is 10.4 Å². The summed E-state index contributed by atoms with van der Waals surface area (Å²) in [6.07, 6.45) is 1.76. The lowest BCUT2D eigenvalue weighted by Crippen LogP contribution is -2.40. The number of aromatic nitrogens is 1. The van der Waals surface area contributed by atoms with E-state index in [9.17, 15) is 9.59 Å². The first-order valence-electron chi connectivity index (χ1n) is 4.70. The second kappa shape index (κ2) is 5.46. The molecule has 0 spiro atoms. The molecule has 0 fully saturated rings. The first-order valence-corrected chi connectivity index (χ1v) is 5.08. The molecule has 1 atom stereocenters. The maximum atomic E-state index is 11.6. The minimum atomic E-state index is -1.07. The minimum Gasteiger partial charge on any atom is -0.480 e. The van der Waals surface area contributed by atoms with Gasteiger partial charge in [-0.2, -0.15) is 0 Å². The Hall–Kier alpha value is -1.62. The number of carbonyl (C=O) groups excluding carboxylic acids is 1. The lowest BCUT2D eigenvalue weighted by Gasteiger charge is -2.12. The Labute approximate surface area is 97.4 Å². The van der Waals surface area contributed by atoms with Crippen LogP contribution in [0.15, 0.2) is 18.3 Å². The molecule has 0 saturated heterocycles. The fraction of sp³-hybridized carbons (Fsp3) is 0.300. The maximum Gasteiger partial charge on any atom is 0.326 e. The van der Waals surface area contributed by atoms with E-state index in [0.29, 0.717) is 6.42 Å². The van der Waals surface area contributed by atoms with Gasteiger partial charge in [-0.25, -0.2) is 9.78 Å². The summed E-state index contributed by atoms with van der Waals surface area (Å²) in [4.78, 5) is 26.1. The summed E-state index contributed by atoms with van der Waals surface area (Å²) in [7, 11) is 0. The summed E-state index contributed by atoms with van der Waals surface area (Å²) >= 11 is 5.71.